The van der Waals surface area contributed by atoms with Crippen molar-refractivity contribution < 1.29 is 23.8 Å². The summed E-state index contributed by atoms with van der Waals surface area (Å²) in [6.07, 6.45) is 4.97. The summed E-state index contributed by atoms with van der Waals surface area (Å²) in [4.78, 5) is 5.17. The Morgan fingerprint density at radius 1 is 1.19 bits per heavy atom. The van der Waals surface area contributed by atoms with Gasteiger partial charge in [-0.25, -0.2) is 8.78 Å². The maximum Gasteiger partial charge on any atom is 0.250 e. The highest BCUT2D eigenvalue weighted by Gasteiger charge is 2.66. The predicted octanol–water partition coefficient (Wildman–Crippen LogP) is 3.90. The number of hydrogen-bond donors (Lipinski definition) is 3. The first-order valence-electron chi connectivity index (χ1n) is 11.8. The van der Waals surface area contributed by atoms with E-state index in [9.17, 15) is 19.0 Å². The van der Waals surface area contributed by atoms with E-state index in [0.717, 1.165) is 43.4 Å². The van der Waals surface area contributed by atoms with Crippen molar-refractivity contribution in [2.24, 2.45) is 33.7 Å². The van der Waals surface area contributed by atoms with Gasteiger partial charge in [-0.2, -0.15) is 0 Å². The fourth-order valence-corrected chi connectivity index (χ4v) is 7.80. The number of allylic oxidation sites excluding steroid dienone is 1. The molecule has 176 valence electrons. The average Bonchev–Trinajstić information content (AvgIpc) is 2.99. The second-order valence-corrected chi connectivity index (χ2v) is 10.9. The van der Waals surface area contributed by atoms with Crippen LogP contribution in [0, 0.1) is 28.6 Å². The highest BCUT2D eigenvalue weighted by atomic mass is 19.3. The molecule has 3 N–H and O–H groups in total. The van der Waals surface area contributed by atoms with Gasteiger partial charge in [0, 0.05) is 17.4 Å². The zero-order valence-corrected chi connectivity index (χ0v) is 19.2. The number of hydrogen-bond acceptors (Lipinski definition) is 5. The summed E-state index contributed by atoms with van der Waals surface area (Å²) in [7, 11) is 1.54. The van der Waals surface area contributed by atoms with E-state index in [1.807, 2.05) is 6.92 Å². The topological polar surface area (TPSA) is 74.1 Å². The van der Waals surface area contributed by atoms with Gasteiger partial charge in [0.1, 0.15) is 7.11 Å². The van der Waals surface area contributed by atoms with Crippen molar-refractivity contribution in [2.45, 2.75) is 89.9 Å². The Morgan fingerprint density at radius 3 is 2.61 bits per heavy atom. The van der Waals surface area contributed by atoms with Crippen LogP contribution in [0.3, 0.4) is 0 Å². The number of alkyl halides is 2. The summed E-state index contributed by atoms with van der Waals surface area (Å²) in [5.41, 5.74) is 0.449. The molecule has 0 amide bonds. The molecule has 0 radical (unpaired) electrons. The van der Waals surface area contributed by atoms with E-state index in [2.05, 4.69) is 30.4 Å². The fraction of sp³-hybridized carbons (Fsp3) is 0.875. The molecule has 0 bridgehead atoms. The van der Waals surface area contributed by atoms with Crippen molar-refractivity contribution in [3.63, 3.8) is 0 Å². The molecule has 7 heteroatoms. The molecule has 3 fully saturated rings. The van der Waals surface area contributed by atoms with E-state index < -0.39 is 12.0 Å². The van der Waals surface area contributed by atoms with Crippen LogP contribution < -0.4 is 5.32 Å². The highest BCUT2D eigenvalue weighted by molar-refractivity contribution is 5.99. The summed E-state index contributed by atoms with van der Waals surface area (Å²) < 4.78 is 25.6. The monoisotopic (exact) mass is 440 g/mol. The third kappa shape index (κ3) is 3.46. The van der Waals surface area contributed by atoms with Crippen LogP contribution in [0.25, 0.3) is 0 Å². The Hall–Kier alpha value is -1.05. The quantitative estimate of drug-likeness (QED) is 0.567. The second kappa shape index (κ2) is 8.07. The molecule has 7 unspecified atom stereocenters. The summed E-state index contributed by atoms with van der Waals surface area (Å²) in [6.45, 7) is 6.10. The zero-order chi connectivity index (χ0) is 22.6. The first kappa shape index (κ1) is 23.1. The minimum absolute atomic E-state index is 0.0740. The lowest BCUT2D eigenvalue weighted by Gasteiger charge is -2.60. The molecule has 4 rings (SSSR count). The van der Waals surface area contributed by atoms with Crippen LogP contribution in [0.5, 0.6) is 0 Å². The second-order valence-electron chi connectivity index (χ2n) is 10.9. The number of aliphatic hydroxyl groups is 2. The number of aliphatic hydroxyl groups excluding tert-OH is 1. The summed E-state index contributed by atoms with van der Waals surface area (Å²) in [5, 5.41) is 29.9. The van der Waals surface area contributed by atoms with Crippen LogP contribution in [0.15, 0.2) is 16.8 Å². The predicted molar refractivity (Wildman–Crippen MR) is 116 cm³/mol. The summed E-state index contributed by atoms with van der Waals surface area (Å²) in [5.74, 6) is 0.475. The molecule has 0 aliphatic heterocycles. The molecule has 0 aromatic rings. The number of rotatable bonds is 5. The van der Waals surface area contributed by atoms with Gasteiger partial charge in [-0.05, 0) is 80.8 Å². The standard InChI is InChI=1S/C24H38F2N2O3/c1-14(27-13-21(25)26)16-7-10-24(30)18-12-20(28-31-4)19-11-15(29)5-8-22(19,2)17(18)6-9-23(16,24)3/h12,14-17,19,21,27,29-30H,5-11,13H2,1-4H3/b28-20+/t14?,15?,16?,17?,19?,22?,23?,24-/m1/s1. The molecule has 0 aromatic heterocycles. The fourth-order valence-electron chi connectivity index (χ4n) is 7.80. The Labute approximate surface area is 184 Å². The molecule has 5 nitrogen and oxygen atoms in total. The first-order valence-corrected chi connectivity index (χ1v) is 11.8. The van der Waals surface area contributed by atoms with E-state index in [4.69, 9.17) is 4.84 Å². The lowest BCUT2D eigenvalue weighted by atomic mass is 9.46. The van der Waals surface area contributed by atoms with Gasteiger partial charge in [0.25, 0.3) is 6.43 Å². The molecular formula is C24H38F2N2O3. The SMILES string of the molecule is CO/N=C1\C=C2C(CCC3(C)C(C(C)NCC(F)F)CC[C@@]23O)C2(C)CCC(O)CC12. The van der Waals surface area contributed by atoms with Gasteiger partial charge >= 0.3 is 0 Å². The van der Waals surface area contributed by atoms with E-state index in [0.29, 0.717) is 12.8 Å². The number of nitrogens with zero attached hydrogens (tertiary/aromatic N) is 1. The molecule has 0 aromatic carbocycles. The van der Waals surface area contributed by atoms with Gasteiger partial charge in [-0.15, -0.1) is 0 Å². The average molecular weight is 441 g/mol. The van der Waals surface area contributed by atoms with Crippen LogP contribution in [0.2, 0.25) is 0 Å². The molecule has 4 aliphatic carbocycles. The Kier molecular flexibility index (Phi) is 6.02. The number of nitrogens with one attached hydrogen (secondary N) is 1. The Morgan fingerprint density at radius 2 is 1.94 bits per heavy atom. The number of fused-ring (bicyclic) bond motifs is 5. The maximum absolute atomic E-state index is 12.8. The molecule has 4 aliphatic rings. The molecule has 0 saturated heterocycles. The van der Waals surface area contributed by atoms with Crippen molar-refractivity contribution in [3.05, 3.63) is 11.6 Å². The molecule has 8 atom stereocenters. The van der Waals surface area contributed by atoms with Crippen molar-refractivity contribution in [3.8, 4) is 0 Å². The van der Waals surface area contributed by atoms with Gasteiger partial charge < -0.3 is 20.4 Å². The molecule has 3 saturated carbocycles. The van der Waals surface area contributed by atoms with Crippen molar-refractivity contribution in [1.29, 1.82) is 0 Å². The third-order valence-electron chi connectivity index (χ3n) is 9.56. The van der Waals surface area contributed by atoms with Crippen LogP contribution in [0.4, 0.5) is 8.78 Å². The van der Waals surface area contributed by atoms with Gasteiger partial charge in [0.15, 0.2) is 0 Å². The minimum Gasteiger partial charge on any atom is -0.399 e. The normalized spacial score (nSPS) is 46.9. The van der Waals surface area contributed by atoms with Crippen molar-refractivity contribution >= 4 is 5.71 Å². The largest absolute Gasteiger partial charge is 0.399 e. The lowest BCUT2D eigenvalue weighted by molar-refractivity contribution is -0.102. The van der Waals surface area contributed by atoms with Crippen molar-refractivity contribution in [2.75, 3.05) is 13.7 Å². The van der Waals surface area contributed by atoms with Crippen LogP contribution in [-0.2, 0) is 4.84 Å². The molecule has 31 heavy (non-hydrogen) atoms. The van der Waals surface area contributed by atoms with E-state index >= 15 is 0 Å². The zero-order valence-electron chi connectivity index (χ0n) is 19.2. The van der Waals surface area contributed by atoms with E-state index in [1.165, 1.54) is 7.11 Å². The van der Waals surface area contributed by atoms with E-state index in [1.54, 1.807) is 0 Å². The Bertz CT molecular complexity index is 759. The smallest absolute Gasteiger partial charge is 0.250 e. The van der Waals surface area contributed by atoms with Crippen molar-refractivity contribution in [1.82, 2.24) is 5.32 Å². The Balaban J connectivity index is 1.71. The summed E-state index contributed by atoms with van der Waals surface area (Å²) >= 11 is 0. The highest BCUT2D eigenvalue weighted by Crippen LogP contribution is 2.67. The van der Waals surface area contributed by atoms with Crippen LogP contribution in [0.1, 0.15) is 65.7 Å². The summed E-state index contributed by atoms with van der Waals surface area (Å²) in [6, 6.07) is -0.0889. The van der Waals surface area contributed by atoms with E-state index in [-0.39, 0.29) is 47.3 Å². The third-order valence-corrected chi connectivity index (χ3v) is 9.56. The van der Waals surface area contributed by atoms with Gasteiger partial charge in [-0.3, -0.25) is 0 Å². The van der Waals surface area contributed by atoms with Crippen LogP contribution in [-0.4, -0.2) is 53.8 Å². The first-order chi connectivity index (χ1) is 14.6. The molecular weight excluding hydrogens is 402 g/mol. The maximum atomic E-state index is 12.8. The minimum atomic E-state index is -2.38. The number of halogens is 2. The lowest BCUT2D eigenvalue weighted by Crippen LogP contribution is -2.60. The van der Waals surface area contributed by atoms with Gasteiger partial charge in [0.05, 0.1) is 24.0 Å². The van der Waals surface area contributed by atoms with Crippen LogP contribution >= 0.6 is 0 Å². The molecule has 0 heterocycles. The van der Waals surface area contributed by atoms with Gasteiger partial charge in [0.2, 0.25) is 0 Å². The van der Waals surface area contributed by atoms with Gasteiger partial charge in [-0.1, -0.05) is 19.0 Å². The number of oxime groups is 1. The molecule has 0 spiro atoms.